The fourth-order valence-electron chi connectivity index (χ4n) is 2.63. The summed E-state index contributed by atoms with van der Waals surface area (Å²) in [7, 11) is 1.56. The van der Waals surface area contributed by atoms with Gasteiger partial charge in [0.2, 0.25) is 0 Å². The van der Waals surface area contributed by atoms with E-state index in [4.69, 9.17) is 14.9 Å². The van der Waals surface area contributed by atoms with Crippen LogP contribution in [0.1, 0.15) is 24.8 Å². The lowest BCUT2D eigenvalue weighted by Gasteiger charge is -2.41. The molecule has 1 heterocycles. The summed E-state index contributed by atoms with van der Waals surface area (Å²) in [6, 6.07) is 6.02. The zero-order valence-corrected chi connectivity index (χ0v) is 9.90. The fraction of sp³-hybridized carbons (Fsp3) is 0.462. The molecular weight excluding hydrogens is 216 g/mol. The fourth-order valence-corrected chi connectivity index (χ4v) is 2.63. The van der Waals surface area contributed by atoms with Crippen molar-refractivity contribution in [2.75, 3.05) is 13.7 Å². The number of benzene rings is 1. The maximum Gasteiger partial charge on any atom is 0.394 e. The average Bonchev–Trinajstić information content (AvgIpc) is 2.72. The summed E-state index contributed by atoms with van der Waals surface area (Å²) >= 11 is 0. The monoisotopic (exact) mass is 232 g/mol. The van der Waals surface area contributed by atoms with Crippen LogP contribution in [0.15, 0.2) is 22.6 Å². The molecule has 0 aliphatic heterocycles. The highest BCUT2D eigenvalue weighted by Crippen LogP contribution is 2.45. The van der Waals surface area contributed by atoms with Gasteiger partial charge in [0.15, 0.2) is 5.58 Å². The van der Waals surface area contributed by atoms with Gasteiger partial charge in [0, 0.05) is 12.0 Å². The van der Waals surface area contributed by atoms with Crippen LogP contribution in [0.3, 0.4) is 0 Å². The second-order valence-electron chi connectivity index (χ2n) is 4.67. The van der Waals surface area contributed by atoms with Gasteiger partial charge in [-0.1, -0.05) is 18.6 Å². The second kappa shape index (κ2) is 3.74. The zero-order valence-electron chi connectivity index (χ0n) is 9.90. The van der Waals surface area contributed by atoms with Crippen LogP contribution in [0.2, 0.25) is 0 Å². The molecule has 1 aromatic carbocycles. The van der Waals surface area contributed by atoms with E-state index in [1.54, 1.807) is 7.11 Å². The van der Waals surface area contributed by atoms with E-state index in [-0.39, 0.29) is 5.41 Å². The highest BCUT2D eigenvalue weighted by Gasteiger charge is 2.39. The number of hydrogen-bond acceptors (Lipinski definition) is 4. The Morgan fingerprint density at radius 3 is 2.88 bits per heavy atom. The van der Waals surface area contributed by atoms with Crippen LogP contribution in [0.25, 0.3) is 11.1 Å². The van der Waals surface area contributed by atoms with Gasteiger partial charge >= 0.3 is 6.08 Å². The molecule has 2 aromatic rings. The van der Waals surface area contributed by atoms with Crippen molar-refractivity contribution in [3.05, 3.63) is 23.8 Å². The van der Waals surface area contributed by atoms with Gasteiger partial charge in [0.05, 0.1) is 7.11 Å². The zero-order chi connectivity index (χ0) is 11.9. The molecule has 4 heteroatoms. The molecule has 2 N–H and O–H groups in total. The summed E-state index contributed by atoms with van der Waals surface area (Å²) in [5.74, 6) is 0. The number of methoxy groups -OCH3 is 1. The molecule has 1 aliphatic carbocycles. The predicted molar refractivity (Wildman–Crippen MR) is 65.1 cm³/mol. The molecule has 17 heavy (non-hydrogen) atoms. The number of aromatic nitrogens is 1. The molecule has 1 fully saturated rings. The first-order chi connectivity index (χ1) is 8.29. The van der Waals surface area contributed by atoms with Crippen LogP contribution in [0.5, 0.6) is 6.08 Å². The molecule has 1 aromatic heterocycles. The number of para-hydroxylation sites is 1. The van der Waals surface area contributed by atoms with Crippen LogP contribution in [0.4, 0.5) is 0 Å². The van der Waals surface area contributed by atoms with E-state index in [1.165, 1.54) is 12.0 Å². The first kappa shape index (κ1) is 10.6. The van der Waals surface area contributed by atoms with E-state index >= 15 is 0 Å². The number of nitrogens with zero attached hydrogens (tertiary/aromatic N) is 1. The Bertz CT molecular complexity index is 538. The molecule has 1 saturated carbocycles. The van der Waals surface area contributed by atoms with E-state index < -0.39 is 0 Å². The first-order valence-corrected chi connectivity index (χ1v) is 5.93. The Kier molecular flexibility index (Phi) is 2.33. The van der Waals surface area contributed by atoms with Crippen molar-refractivity contribution in [1.82, 2.24) is 4.98 Å². The lowest BCUT2D eigenvalue weighted by Crippen LogP contribution is -2.41. The van der Waals surface area contributed by atoms with Gasteiger partial charge in [-0.05, 0) is 24.5 Å². The van der Waals surface area contributed by atoms with E-state index in [2.05, 4.69) is 11.1 Å². The molecule has 3 rings (SSSR count). The summed E-state index contributed by atoms with van der Waals surface area (Å²) in [5, 5.41) is 0. The summed E-state index contributed by atoms with van der Waals surface area (Å²) in [4.78, 5) is 4.38. The lowest BCUT2D eigenvalue weighted by atomic mass is 9.64. The molecule has 0 atom stereocenters. The van der Waals surface area contributed by atoms with Gasteiger partial charge in [-0.2, -0.15) is 4.98 Å². The third-order valence-corrected chi connectivity index (χ3v) is 3.85. The molecule has 90 valence electrons. The molecule has 0 saturated heterocycles. The maximum absolute atomic E-state index is 5.94. The van der Waals surface area contributed by atoms with Gasteiger partial charge in [-0.15, -0.1) is 0 Å². The summed E-state index contributed by atoms with van der Waals surface area (Å²) in [6.45, 7) is 0.668. The topological polar surface area (TPSA) is 61.3 Å². The van der Waals surface area contributed by atoms with Crippen LogP contribution in [0, 0.1) is 0 Å². The van der Waals surface area contributed by atoms with Crippen LogP contribution >= 0.6 is 0 Å². The number of hydrogen-bond donors (Lipinski definition) is 1. The Hall–Kier alpha value is -1.55. The minimum absolute atomic E-state index is 0.0986. The van der Waals surface area contributed by atoms with E-state index in [1.807, 2.05) is 12.1 Å². The second-order valence-corrected chi connectivity index (χ2v) is 4.67. The number of rotatable bonds is 3. The summed E-state index contributed by atoms with van der Waals surface area (Å²) in [6.07, 6.45) is 3.83. The molecule has 1 aliphatic rings. The molecular formula is C13H16N2O2. The van der Waals surface area contributed by atoms with Crippen molar-refractivity contribution < 1.29 is 9.15 Å². The summed E-state index contributed by atoms with van der Waals surface area (Å²) < 4.78 is 10.5. The molecule has 0 amide bonds. The molecule has 0 radical (unpaired) electrons. The Morgan fingerprint density at radius 1 is 1.47 bits per heavy atom. The van der Waals surface area contributed by atoms with Gasteiger partial charge in [-0.3, -0.25) is 0 Å². The number of fused-ring (bicyclic) bond motifs is 1. The standard InChI is InChI=1S/C13H16N2O2/c1-16-12-15-11-9(4-2-5-10(11)17-12)13(8-14)6-3-7-13/h2,4-5H,3,6-8,14H2,1H3. The lowest BCUT2D eigenvalue weighted by molar-refractivity contribution is 0.255. The normalized spacial score (nSPS) is 18.0. The van der Waals surface area contributed by atoms with Crippen LogP contribution in [-0.2, 0) is 5.41 Å². The number of nitrogens with two attached hydrogens (primary N) is 1. The van der Waals surface area contributed by atoms with Gasteiger partial charge in [-0.25, -0.2) is 0 Å². The van der Waals surface area contributed by atoms with Crippen LogP contribution < -0.4 is 10.5 Å². The largest absolute Gasteiger partial charge is 0.453 e. The van der Waals surface area contributed by atoms with Crippen LogP contribution in [-0.4, -0.2) is 18.6 Å². The van der Waals surface area contributed by atoms with E-state index in [9.17, 15) is 0 Å². The van der Waals surface area contributed by atoms with Crippen molar-refractivity contribution >= 4 is 11.1 Å². The Balaban J connectivity index is 2.18. The minimum atomic E-state index is 0.0986. The van der Waals surface area contributed by atoms with Crippen molar-refractivity contribution in [3.8, 4) is 6.08 Å². The first-order valence-electron chi connectivity index (χ1n) is 5.93. The predicted octanol–water partition coefficient (Wildman–Crippen LogP) is 2.22. The highest BCUT2D eigenvalue weighted by molar-refractivity contribution is 5.78. The van der Waals surface area contributed by atoms with Gasteiger partial charge in [0.25, 0.3) is 0 Å². The van der Waals surface area contributed by atoms with Gasteiger partial charge < -0.3 is 14.9 Å². The smallest absolute Gasteiger partial charge is 0.394 e. The summed E-state index contributed by atoms with van der Waals surface area (Å²) in [5.41, 5.74) is 8.92. The van der Waals surface area contributed by atoms with Crippen molar-refractivity contribution in [2.24, 2.45) is 5.73 Å². The molecule has 4 nitrogen and oxygen atoms in total. The van der Waals surface area contributed by atoms with Gasteiger partial charge in [0.1, 0.15) is 5.52 Å². The third-order valence-electron chi connectivity index (χ3n) is 3.85. The SMILES string of the molecule is COc1nc2c(C3(CN)CCC3)cccc2o1. The molecule has 0 bridgehead atoms. The van der Waals surface area contributed by atoms with E-state index in [0.29, 0.717) is 12.6 Å². The average molecular weight is 232 g/mol. The Labute approximate surface area is 99.8 Å². The number of ether oxygens (including phenoxy) is 1. The Morgan fingerprint density at radius 2 is 2.29 bits per heavy atom. The van der Waals surface area contributed by atoms with Crippen molar-refractivity contribution in [2.45, 2.75) is 24.7 Å². The maximum atomic E-state index is 5.94. The minimum Gasteiger partial charge on any atom is -0.453 e. The highest BCUT2D eigenvalue weighted by atomic mass is 16.6. The van der Waals surface area contributed by atoms with E-state index in [0.717, 1.165) is 23.9 Å². The third kappa shape index (κ3) is 1.44. The molecule has 0 unspecified atom stereocenters. The quantitative estimate of drug-likeness (QED) is 0.881. The van der Waals surface area contributed by atoms with Crippen molar-refractivity contribution in [3.63, 3.8) is 0 Å². The molecule has 0 spiro atoms. The number of oxazole rings is 1. The van der Waals surface area contributed by atoms with Crippen molar-refractivity contribution in [1.29, 1.82) is 0 Å².